The SMILES string of the molecule is C#C.C#CC(=C)CC(CCCCCCCCC)CCCCCCCCC.C=C(C)CC(CCCCCCCCC)CCCCCCCCC.CC.CNCC1(C)CC1. The number of nitrogens with one attached hydrogen (secondary N) is 1. The Bertz CT molecular complexity index is 816. The van der Waals surface area contributed by atoms with Gasteiger partial charge in [0.05, 0.1) is 0 Å². The fourth-order valence-corrected chi connectivity index (χ4v) is 7.97. The highest BCUT2D eigenvalue weighted by molar-refractivity contribution is 5.21. The third kappa shape index (κ3) is 54.6. The van der Waals surface area contributed by atoms with Gasteiger partial charge in [0, 0.05) is 6.54 Å². The summed E-state index contributed by atoms with van der Waals surface area (Å²) in [7, 11) is 2.02. The van der Waals surface area contributed by atoms with E-state index in [2.05, 4.69) is 78.8 Å². The lowest BCUT2D eigenvalue weighted by Crippen LogP contribution is -2.16. The summed E-state index contributed by atoms with van der Waals surface area (Å²) < 4.78 is 0. The van der Waals surface area contributed by atoms with Gasteiger partial charge in [0.15, 0.2) is 0 Å². The standard InChI is InChI=1S/C24H44.C23H46.C6H13N.C2H6.C2H2/c1-5-8-10-12-14-16-18-20-24(22-23(4)7-3)21-19-17-15-13-11-9-6-2;1-5-7-9-11-13-15-17-19-23(21-22(3)4)20-18-16-14-12-10-8-6-2;1-6(3-4-6)5-7-2;2*1-2/h3,24H,4-6,8-22H2,1-2H3;23H,3,5-21H2,1-2,4H3;7H,3-5H2,1-2H3;1-2H3;1-2H. The van der Waals surface area contributed by atoms with E-state index in [0.717, 1.165) is 23.8 Å². The van der Waals surface area contributed by atoms with Crippen LogP contribution in [0.1, 0.15) is 287 Å². The van der Waals surface area contributed by atoms with E-state index < -0.39 is 0 Å². The van der Waals surface area contributed by atoms with Gasteiger partial charge in [0.1, 0.15) is 0 Å². The topological polar surface area (TPSA) is 12.0 Å². The number of terminal acetylenes is 2. The molecule has 1 N–H and O–H groups in total. The second-order valence-corrected chi connectivity index (χ2v) is 18.3. The van der Waals surface area contributed by atoms with Crippen molar-refractivity contribution in [3.8, 4) is 25.2 Å². The summed E-state index contributed by atoms with van der Waals surface area (Å²) in [5.74, 6) is 4.44. The fourth-order valence-electron chi connectivity index (χ4n) is 7.97. The van der Waals surface area contributed by atoms with Gasteiger partial charge < -0.3 is 5.32 Å². The van der Waals surface area contributed by atoms with E-state index in [4.69, 9.17) is 6.42 Å². The molecule has 0 bridgehead atoms. The van der Waals surface area contributed by atoms with Crippen molar-refractivity contribution in [1.29, 1.82) is 0 Å². The number of unbranched alkanes of at least 4 members (excludes halogenated alkanes) is 24. The minimum Gasteiger partial charge on any atom is -0.319 e. The van der Waals surface area contributed by atoms with Gasteiger partial charge in [0.2, 0.25) is 0 Å². The molecule has 0 radical (unpaired) electrons. The Balaban J connectivity index is -0.000000399. The molecule has 0 saturated heterocycles. The second kappa shape index (κ2) is 53.6. The normalized spacial score (nSPS) is 12.1. The molecule has 0 aromatic heterocycles. The van der Waals surface area contributed by atoms with Crippen molar-refractivity contribution >= 4 is 0 Å². The number of allylic oxidation sites excluding steroid dienone is 2. The summed E-state index contributed by atoms with van der Waals surface area (Å²) in [5.41, 5.74) is 3.08. The van der Waals surface area contributed by atoms with Crippen LogP contribution in [0.15, 0.2) is 24.3 Å². The van der Waals surface area contributed by atoms with Gasteiger partial charge >= 0.3 is 0 Å². The maximum atomic E-state index is 5.52. The Labute approximate surface area is 370 Å². The van der Waals surface area contributed by atoms with Crippen molar-refractivity contribution in [3.63, 3.8) is 0 Å². The molecule has 58 heavy (non-hydrogen) atoms. The predicted molar refractivity (Wildman–Crippen MR) is 272 cm³/mol. The van der Waals surface area contributed by atoms with Gasteiger partial charge in [-0.3, -0.25) is 0 Å². The second-order valence-electron chi connectivity index (χ2n) is 18.3. The molecule has 0 unspecified atom stereocenters. The van der Waals surface area contributed by atoms with Crippen LogP contribution in [-0.2, 0) is 0 Å². The first-order chi connectivity index (χ1) is 28.2. The molecule has 0 aromatic rings. The van der Waals surface area contributed by atoms with E-state index in [1.54, 1.807) is 0 Å². The van der Waals surface area contributed by atoms with Gasteiger partial charge in [-0.2, -0.15) is 0 Å². The van der Waals surface area contributed by atoms with Crippen LogP contribution in [0.25, 0.3) is 0 Å². The van der Waals surface area contributed by atoms with E-state index in [1.165, 1.54) is 237 Å². The highest BCUT2D eigenvalue weighted by atomic mass is 14.8. The van der Waals surface area contributed by atoms with Crippen LogP contribution >= 0.6 is 0 Å². The van der Waals surface area contributed by atoms with Gasteiger partial charge in [-0.25, -0.2) is 0 Å². The first kappa shape index (κ1) is 63.2. The highest BCUT2D eigenvalue weighted by Crippen LogP contribution is 2.43. The van der Waals surface area contributed by atoms with Crippen LogP contribution < -0.4 is 5.32 Å². The zero-order valence-electron chi connectivity index (χ0n) is 42.0. The monoisotopic (exact) mass is 810 g/mol. The Morgan fingerprint density at radius 2 is 0.776 bits per heavy atom. The van der Waals surface area contributed by atoms with Crippen molar-refractivity contribution in [2.75, 3.05) is 13.6 Å². The van der Waals surface area contributed by atoms with E-state index in [1.807, 2.05) is 20.9 Å². The first-order valence-electron chi connectivity index (χ1n) is 26.0. The molecule has 1 aliphatic rings. The van der Waals surface area contributed by atoms with Crippen LogP contribution in [0.5, 0.6) is 0 Å². The van der Waals surface area contributed by atoms with Crippen LogP contribution in [0.3, 0.4) is 0 Å². The van der Waals surface area contributed by atoms with Crippen LogP contribution in [0, 0.1) is 42.4 Å². The molecule has 1 saturated carbocycles. The van der Waals surface area contributed by atoms with Crippen molar-refractivity contribution in [3.05, 3.63) is 24.3 Å². The maximum absolute atomic E-state index is 5.52. The number of rotatable bonds is 38. The molecule has 344 valence electrons. The molecule has 0 heterocycles. The molecule has 0 aliphatic heterocycles. The zero-order chi connectivity index (χ0) is 44.4. The summed E-state index contributed by atoms with van der Waals surface area (Å²) >= 11 is 0. The zero-order valence-corrected chi connectivity index (χ0v) is 42.0. The van der Waals surface area contributed by atoms with Gasteiger partial charge in [0.25, 0.3) is 0 Å². The largest absolute Gasteiger partial charge is 0.319 e. The molecule has 1 aliphatic carbocycles. The Morgan fingerprint density at radius 1 is 0.517 bits per heavy atom. The number of hydrogen-bond acceptors (Lipinski definition) is 1. The minimum absolute atomic E-state index is 0.689. The minimum atomic E-state index is 0.689. The van der Waals surface area contributed by atoms with Crippen LogP contribution in [0.4, 0.5) is 0 Å². The summed E-state index contributed by atoms with van der Waals surface area (Å²) in [5, 5.41) is 3.17. The van der Waals surface area contributed by atoms with Crippen molar-refractivity contribution in [2.45, 2.75) is 287 Å². The van der Waals surface area contributed by atoms with Gasteiger partial charge in [-0.1, -0.05) is 272 Å². The molecule has 1 heteroatoms. The third-order valence-electron chi connectivity index (χ3n) is 11.9. The lowest BCUT2D eigenvalue weighted by Gasteiger charge is -2.17. The lowest BCUT2D eigenvalue weighted by atomic mass is 9.89. The van der Waals surface area contributed by atoms with E-state index in [-0.39, 0.29) is 0 Å². The summed E-state index contributed by atoms with van der Waals surface area (Å²) in [6, 6.07) is 0. The predicted octanol–water partition coefficient (Wildman–Crippen LogP) is 19.6. The lowest BCUT2D eigenvalue weighted by molar-refractivity contribution is 0.399. The molecule has 1 nitrogen and oxygen atoms in total. The molecular formula is C57H111N. The van der Waals surface area contributed by atoms with Crippen molar-refractivity contribution in [2.24, 2.45) is 17.3 Å². The summed E-state index contributed by atoms with van der Waals surface area (Å²) in [4.78, 5) is 0. The third-order valence-corrected chi connectivity index (χ3v) is 11.9. The average Bonchev–Trinajstić information content (AvgIpc) is 3.96. The van der Waals surface area contributed by atoms with Crippen molar-refractivity contribution < 1.29 is 0 Å². The van der Waals surface area contributed by atoms with E-state index >= 15 is 0 Å². The van der Waals surface area contributed by atoms with E-state index in [9.17, 15) is 0 Å². The number of hydrogen-bond donors (Lipinski definition) is 1. The smallest absolute Gasteiger partial charge is 0.000216 e. The molecule has 0 atom stereocenters. The fraction of sp³-hybridized carbons (Fsp3) is 0.860. The Kier molecular flexibility index (Phi) is 58.4. The summed E-state index contributed by atoms with van der Waals surface area (Å²) in [6.07, 6.45) is 64.0. The van der Waals surface area contributed by atoms with Gasteiger partial charge in [-0.15, -0.1) is 25.8 Å². The average molecular weight is 811 g/mol. The molecule has 0 spiro atoms. The Hall–Kier alpha value is -1.44. The van der Waals surface area contributed by atoms with Crippen LogP contribution in [0.2, 0.25) is 0 Å². The van der Waals surface area contributed by atoms with Gasteiger partial charge in [-0.05, 0) is 62.5 Å². The molecular weight excluding hydrogens is 699 g/mol. The highest BCUT2D eigenvalue weighted by Gasteiger charge is 2.35. The molecule has 0 amide bonds. The van der Waals surface area contributed by atoms with E-state index in [0.29, 0.717) is 5.41 Å². The quantitative estimate of drug-likeness (QED) is 0.0372. The maximum Gasteiger partial charge on any atom is 0.000216 e. The molecule has 1 rings (SSSR count). The van der Waals surface area contributed by atoms with Crippen molar-refractivity contribution in [1.82, 2.24) is 5.32 Å². The van der Waals surface area contributed by atoms with Crippen LogP contribution in [-0.4, -0.2) is 13.6 Å². The molecule has 1 fully saturated rings. The Morgan fingerprint density at radius 3 is 0.983 bits per heavy atom. The molecule has 0 aromatic carbocycles. The first-order valence-corrected chi connectivity index (χ1v) is 26.0. The summed E-state index contributed by atoms with van der Waals surface area (Å²) in [6.45, 7) is 27.1.